The van der Waals surface area contributed by atoms with Gasteiger partial charge in [0.05, 0.1) is 6.54 Å². The van der Waals surface area contributed by atoms with Crippen molar-refractivity contribution in [1.82, 2.24) is 4.90 Å². The summed E-state index contributed by atoms with van der Waals surface area (Å²) in [5.41, 5.74) is 7.80. The lowest BCUT2D eigenvalue weighted by Gasteiger charge is -2.21. The average Bonchev–Trinajstić information content (AvgIpc) is 3.10. The summed E-state index contributed by atoms with van der Waals surface area (Å²) in [6, 6.07) is 4.93. The molecule has 1 aromatic rings. The van der Waals surface area contributed by atoms with Crippen molar-refractivity contribution >= 4 is 11.8 Å². The molecule has 1 aliphatic heterocycles. The topological polar surface area (TPSA) is 72.6 Å². The monoisotopic (exact) mass is 306 g/mol. The van der Waals surface area contributed by atoms with Crippen molar-refractivity contribution in [3.05, 3.63) is 29.3 Å². The first kappa shape index (κ1) is 14.8. The van der Waals surface area contributed by atoms with E-state index in [2.05, 4.69) is 0 Å². The van der Waals surface area contributed by atoms with Gasteiger partial charge in [0.2, 0.25) is 5.91 Å². The highest BCUT2D eigenvalue weighted by Gasteiger charge is 2.38. The van der Waals surface area contributed by atoms with Gasteiger partial charge < -0.3 is 15.4 Å². The van der Waals surface area contributed by atoms with Gasteiger partial charge in [0, 0.05) is 6.42 Å². The predicted molar refractivity (Wildman–Crippen MR) is 78.2 cm³/mol. The molecule has 1 aliphatic carbocycles. The van der Waals surface area contributed by atoms with Crippen LogP contribution in [0.25, 0.3) is 0 Å². The molecule has 0 bridgehead atoms. The van der Waals surface area contributed by atoms with E-state index < -0.39 is 24.0 Å². The molecule has 2 amide bonds. The highest BCUT2D eigenvalue weighted by molar-refractivity contribution is 5.88. The summed E-state index contributed by atoms with van der Waals surface area (Å²) >= 11 is 0. The standard InChI is InChI=1S/C16H19FN2O3/c17-12-7-14(16(18)21)19(8-12)15(20)9-22-13-5-4-10-2-1-3-11(10)6-13/h4-6,12,14H,1-3,7-9H2,(H2,18,21)/t12-,14+/m1/s1. The normalized spacial score (nSPS) is 23.4. The minimum atomic E-state index is -1.21. The van der Waals surface area contributed by atoms with Crippen molar-refractivity contribution in [2.45, 2.75) is 37.9 Å². The van der Waals surface area contributed by atoms with Crippen LogP contribution in [0.1, 0.15) is 24.0 Å². The zero-order chi connectivity index (χ0) is 15.7. The van der Waals surface area contributed by atoms with Crippen molar-refractivity contribution < 1.29 is 18.7 Å². The number of halogens is 1. The number of likely N-dealkylation sites (tertiary alicyclic amines) is 1. The quantitative estimate of drug-likeness (QED) is 0.901. The number of fused-ring (bicyclic) bond motifs is 1. The number of carbonyl (C=O) groups excluding carboxylic acids is 2. The fourth-order valence-electron chi connectivity index (χ4n) is 3.20. The van der Waals surface area contributed by atoms with Crippen molar-refractivity contribution in [3.8, 4) is 5.75 Å². The number of nitrogens with zero attached hydrogens (tertiary/aromatic N) is 1. The van der Waals surface area contributed by atoms with Gasteiger partial charge in [-0.25, -0.2) is 4.39 Å². The van der Waals surface area contributed by atoms with Gasteiger partial charge in [-0.3, -0.25) is 9.59 Å². The molecular formula is C16H19FN2O3. The molecule has 1 saturated heterocycles. The molecule has 0 spiro atoms. The smallest absolute Gasteiger partial charge is 0.261 e. The van der Waals surface area contributed by atoms with Gasteiger partial charge in [0.25, 0.3) is 5.91 Å². The highest BCUT2D eigenvalue weighted by Crippen LogP contribution is 2.26. The fraction of sp³-hybridized carbons (Fsp3) is 0.500. The Morgan fingerprint density at radius 2 is 2.09 bits per heavy atom. The fourth-order valence-corrected chi connectivity index (χ4v) is 3.20. The molecule has 1 fully saturated rings. The number of primary amides is 1. The summed E-state index contributed by atoms with van der Waals surface area (Å²) in [7, 11) is 0. The molecule has 5 nitrogen and oxygen atoms in total. The van der Waals surface area contributed by atoms with Crippen LogP contribution >= 0.6 is 0 Å². The molecule has 3 rings (SSSR count). The Balaban J connectivity index is 1.61. The molecule has 0 aromatic heterocycles. The van der Waals surface area contributed by atoms with Crippen molar-refractivity contribution in [2.75, 3.05) is 13.2 Å². The minimum Gasteiger partial charge on any atom is -0.484 e. The maximum atomic E-state index is 13.4. The molecular weight excluding hydrogens is 287 g/mol. The Morgan fingerprint density at radius 1 is 1.32 bits per heavy atom. The molecule has 1 aromatic carbocycles. The van der Waals surface area contributed by atoms with E-state index in [0.29, 0.717) is 5.75 Å². The molecule has 6 heteroatoms. The van der Waals surface area contributed by atoms with E-state index in [0.717, 1.165) is 19.3 Å². The van der Waals surface area contributed by atoms with Gasteiger partial charge in [-0.2, -0.15) is 0 Å². The van der Waals surface area contributed by atoms with Crippen LogP contribution in [0.15, 0.2) is 18.2 Å². The van der Waals surface area contributed by atoms with Crippen molar-refractivity contribution in [3.63, 3.8) is 0 Å². The van der Waals surface area contributed by atoms with Gasteiger partial charge in [-0.1, -0.05) is 6.07 Å². The van der Waals surface area contributed by atoms with E-state index in [1.54, 1.807) is 0 Å². The lowest BCUT2D eigenvalue weighted by atomic mass is 10.1. The van der Waals surface area contributed by atoms with Crippen LogP contribution in [0, 0.1) is 0 Å². The van der Waals surface area contributed by atoms with Crippen LogP contribution in [0.2, 0.25) is 0 Å². The Bertz CT molecular complexity index is 605. The molecule has 0 radical (unpaired) electrons. The van der Waals surface area contributed by atoms with E-state index in [1.165, 1.54) is 16.0 Å². The number of carbonyl (C=O) groups is 2. The number of ether oxygens (including phenoxy) is 1. The summed E-state index contributed by atoms with van der Waals surface area (Å²) in [4.78, 5) is 24.6. The first-order chi connectivity index (χ1) is 10.5. The van der Waals surface area contributed by atoms with Gasteiger partial charge >= 0.3 is 0 Å². The number of rotatable bonds is 4. The Morgan fingerprint density at radius 3 is 2.86 bits per heavy atom. The second kappa shape index (κ2) is 5.94. The molecule has 2 N–H and O–H groups in total. The maximum Gasteiger partial charge on any atom is 0.261 e. The van der Waals surface area contributed by atoms with E-state index in [-0.39, 0.29) is 19.6 Å². The maximum absolute atomic E-state index is 13.4. The lowest BCUT2D eigenvalue weighted by Crippen LogP contribution is -2.45. The number of hydrogen-bond donors (Lipinski definition) is 1. The number of nitrogens with two attached hydrogens (primary N) is 1. The molecule has 22 heavy (non-hydrogen) atoms. The third kappa shape index (κ3) is 2.91. The number of alkyl halides is 1. The largest absolute Gasteiger partial charge is 0.484 e. The van der Waals surface area contributed by atoms with E-state index in [9.17, 15) is 14.0 Å². The zero-order valence-electron chi connectivity index (χ0n) is 12.3. The third-order valence-corrected chi connectivity index (χ3v) is 4.33. The van der Waals surface area contributed by atoms with Crippen LogP contribution < -0.4 is 10.5 Å². The van der Waals surface area contributed by atoms with Crippen LogP contribution in [0.4, 0.5) is 4.39 Å². The summed E-state index contributed by atoms with van der Waals surface area (Å²) in [6.45, 7) is -0.310. The first-order valence-corrected chi connectivity index (χ1v) is 7.52. The molecule has 1 heterocycles. The van der Waals surface area contributed by atoms with E-state index >= 15 is 0 Å². The Hall–Kier alpha value is -2.11. The van der Waals surface area contributed by atoms with Crippen LogP contribution in [-0.2, 0) is 22.4 Å². The average molecular weight is 306 g/mol. The minimum absolute atomic E-state index is 0.0279. The van der Waals surface area contributed by atoms with Gasteiger partial charge in [-0.15, -0.1) is 0 Å². The SMILES string of the molecule is NC(=O)[C@@H]1C[C@@H](F)CN1C(=O)COc1ccc2c(c1)CCC2. The Labute approximate surface area is 128 Å². The van der Waals surface area contributed by atoms with E-state index in [1.807, 2.05) is 18.2 Å². The molecule has 0 unspecified atom stereocenters. The molecule has 0 saturated carbocycles. The summed E-state index contributed by atoms with van der Waals surface area (Å²) in [6.07, 6.45) is 2.02. The van der Waals surface area contributed by atoms with Gasteiger partial charge in [0.1, 0.15) is 18.0 Å². The zero-order valence-corrected chi connectivity index (χ0v) is 12.3. The summed E-state index contributed by atoms with van der Waals surface area (Å²) in [5, 5.41) is 0. The number of benzene rings is 1. The van der Waals surface area contributed by atoms with Crippen LogP contribution in [0.3, 0.4) is 0 Å². The second-order valence-corrected chi connectivity index (χ2v) is 5.87. The summed E-state index contributed by atoms with van der Waals surface area (Å²) < 4.78 is 18.9. The van der Waals surface area contributed by atoms with E-state index in [4.69, 9.17) is 10.5 Å². The van der Waals surface area contributed by atoms with Crippen LogP contribution in [0.5, 0.6) is 5.75 Å². The van der Waals surface area contributed by atoms with Crippen molar-refractivity contribution in [1.29, 1.82) is 0 Å². The Kier molecular flexibility index (Phi) is 4.00. The van der Waals surface area contributed by atoms with Crippen LogP contribution in [-0.4, -0.2) is 42.1 Å². The molecule has 118 valence electrons. The van der Waals surface area contributed by atoms with Gasteiger partial charge in [-0.05, 0) is 42.5 Å². The number of aryl methyl sites for hydroxylation is 2. The predicted octanol–water partition coefficient (Wildman–Crippen LogP) is 0.978. The second-order valence-electron chi connectivity index (χ2n) is 5.87. The number of hydrogen-bond acceptors (Lipinski definition) is 3. The highest BCUT2D eigenvalue weighted by atomic mass is 19.1. The first-order valence-electron chi connectivity index (χ1n) is 7.52. The molecule has 2 atom stereocenters. The number of amides is 2. The van der Waals surface area contributed by atoms with Crippen molar-refractivity contribution in [2.24, 2.45) is 5.73 Å². The molecule has 2 aliphatic rings. The summed E-state index contributed by atoms with van der Waals surface area (Å²) in [5.74, 6) is -0.462. The lowest BCUT2D eigenvalue weighted by molar-refractivity contribution is -0.139. The van der Waals surface area contributed by atoms with Gasteiger partial charge in [0.15, 0.2) is 6.61 Å². The third-order valence-electron chi connectivity index (χ3n) is 4.33.